The molecular formula is C20H34O4Si. The van der Waals surface area contributed by atoms with E-state index in [2.05, 4.69) is 33.9 Å². The second kappa shape index (κ2) is 7.26. The van der Waals surface area contributed by atoms with Crippen LogP contribution in [0.5, 0.6) is 0 Å². The summed E-state index contributed by atoms with van der Waals surface area (Å²) in [5.41, 5.74) is 1.27. The van der Waals surface area contributed by atoms with Crippen molar-refractivity contribution < 1.29 is 18.7 Å². The van der Waals surface area contributed by atoms with Crippen LogP contribution < -0.4 is 0 Å². The van der Waals surface area contributed by atoms with Gasteiger partial charge in [0.1, 0.15) is 0 Å². The van der Waals surface area contributed by atoms with Crippen molar-refractivity contribution in [3.05, 3.63) is 11.6 Å². The molecule has 3 rings (SSSR count). The highest BCUT2D eigenvalue weighted by atomic mass is 28.4. The van der Waals surface area contributed by atoms with Gasteiger partial charge in [-0.3, -0.25) is 4.79 Å². The fourth-order valence-corrected chi connectivity index (χ4v) is 4.95. The Bertz CT molecular complexity index is 528. The summed E-state index contributed by atoms with van der Waals surface area (Å²) >= 11 is 0. The average Bonchev–Trinajstić information content (AvgIpc) is 3.01. The van der Waals surface area contributed by atoms with E-state index in [1.165, 1.54) is 12.0 Å². The molecule has 2 fully saturated rings. The highest BCUT2D eigenvalue weighted by Gasteiger charge is 2.47. The SMILES string of the molecule is CC(C)(C)[Si](C)(C)OC[C@H]1C(OC2CCCCO2)CC2=CC(=O)C[C@@H]21. The Morgan fingerprint density at radius 2 is 2.00 bits per heavy atom. The van der Waals surface area contributed by atoms with Crippen LogP contribution in [0.25, 0.3) is 0 Å². The fourth-order valence-electron chi connectivity index (χ4n) is 3.91. The maximum atomic E-state index is 11.9. The van der Waals surface area contributed by atoms with Gasteiger partial charge in [0.15, 0.2) is 20.4 Å². The molecular weight excluding hydrogens is 332 g/mol. The van der Waals surface area contributed by atoms with Gasteiger partial charge in [0.25, 0.3) is 0 Å². The predicted octanol–water partition coefficient (Wildman–Crippen LogP) is 4.46. The van der Waals surface area contributed by atoms with Gasteiger partial charge in [0, 0.05) is 25.6 Å². The summed E-state index contributed by atoms with van der Waals surface area (Å²) in [6.07, 6.45) is 6.68. The van der Waals surface area contributed by atoms with Crippen LogP contribution in [-0.2, 0) is 18.7 Å². The van der Waals surface area contributed by atoms with E-state index in [1.54, 1.807) is 0 Å². The van der Waals surface area contributed by atoms with E-state index in [-0.39, 0.29) is 29.1 Å². The van der Waals surface area contributed by atoms with Crippen LogP contribution in [0.4, 0.5) is 0 Å². The molecule has 1 saturated heterocycles. The lowest BCUT2D eigenvalue weighted by molar-refractivity contribution is -0.197. The second-order valence-electron chi connectivity index (χ2n) is 9.41. The van der Waals surface area contributed by atoms with E-state index in [1.807, 2.05) is 6.08 Å². The first kappa shape index (κ1) is 19.3. The largest absolute Gasteiger partial charge is 0.416 e. The van der Waals surface area contributed by atoms with E-state index < -0.39 is 8.32 Å². The molecule has 4 nitrogen and oxygen atoms in total. The lowest BCUT2D eigenvalue weighted by Gasteiger charge is -2.38. The van der Waals surface area contributed by atoms with Crippen molar-refractivity contribution in [1.29, 1.82) is 0 Å². The molecule has 2 unspecified atom stereocenters. The van der Waals surface area contributed by atoms with Crippen molar-refractivity contribution in [3.8, 4) is 0 Å². The molecule has 0 aromatic carbocycles. The van der Waals surface area contributed by atoms with E-state index in [0.717, 1.165) is 25.9 Å². The summed E-state index contributed by atoms with van der Waals surface area (Å²) in [5.74, 6) is 0.855. The summed E-state index contributed by atoms with van der Waals surface area (Å²) in [5, 5.41) is 0.193. The van der Waals surface area contributed by atoms with Crippen molar-refractivity contribution in [3.63, 3.8) is 0 Å². The third kappa shape index (κ3) is 4.26. The summed E-state index contributed by atoms with van der Waals surface area (Å²) < 4.78 is 18.7. The molecule has 0 bridgehead atoms. The van der Waals surface area contributed by atoms with Crippen LogP contribution in [0.2, 0.25) is 18.1 Å². The van der Waals surface area contributed by atoms with Crippen LogP contribution >= 0.6 is 0 Å². The highest BCUT2D eigenvalue weighted by molar-refractivity contribution is 6.74. The Kier molecular flexibility index (Phi) is 5.59. The maximum Gasteiger partial charge on any atom is 0.191 e. The minimum absolute atomic E-state index is 0.0794. The molecule has 1 saturated carbocycles. The number of carbonyl (C=O) groups is 1. The number of ether oxygens (including phenoxy) is 2. The first-order valence-corrected chi connectivity index (χ1v) is 12.7. The van der Waals surface area contributed by atoms with Gasteiger partial charge in [-0.05, 0) is 55.8 Å². The van der Waals surface area contributed by atoms with Crippen molar-refractivity contribution in [2.45, 2.75) is 83.4 Å². The number of ketones is 1. The quantitative estimate of drug-likeness (QED) is 0.674. The Hall–Kier alpha value is -0.493. The topological polar surface area (TPSA) is 44.8 Å². The normalized spacial score (nSPS) is 33.5. The number of rotatable bonds is 5. The third-order valence-corrected chi connectivity index (χ3v) is 11.1. The van der Waals surface area contributed by atoms with Gasteiger partial charge in [-0.2, -0.15) is 0 Å². The van der Waals surface area contributed by atoms with Gasteiger partial charge in [-0.25, -0.2) is 0 Å². The van der Waals surface area contributed by atoms with Gasteiger partial charge in [-0.15, -0.1) is 0 Å². The smallest absolute Gasteiger partial charge is 0.191 e. The molecule has 4 atom stereocenters. The first-order chi connectivity index (χ1) is 11.7. The average molecular weight is 367 g/mol. The van der Waals surface area contributed by atoms with Gasteiger partial charge in [-0.1, -0.05) is 26.3 Å². The van der Waals surface area contributed by atoms with Gasteiger partial charge in [0.05, 0.1) is 6.10 Å². The van der Waals surface area contributed by atoms with Crippen molar-refractivity contribution >= 4 is 14.1 Å². The number of fused-ring (bicyclic) bond motifs is 1. The lowest BCUT2D eigenvalue weighted by Crippen LogP contribution is -2.44. The molecule has 0 aromatic rings. The zero-order valence-corrected chi connectivity index (χ0v) is 17.5. The Morgan fingerprint density at radius 1 is 1.24 bits per heavy atom. The second-order valence-corrected chi connectivity index (χ2v) is 14.2. The Labute approximate surface area is 153 Å². The number of hydrogen-bond acceptors (Lipinski definition) is 4. The Morgan fingerprint density at radius 3 is 2.64 bits per heavy atom. The molecule has 142 valence electrons. The molecule has 1 heterocycles. The molecule has 25 heavy (non-hydrogen) atoms. The molecule has 0 spiro atoms. The van der Waals surface area contributed by atoms with E-state index in [0.29, 0.717) is 18.9 Å². The lowest BCUT2D eigenvalue weighted by atomic mass is 9.93. The third-order valence-electron chi connectivity index (χ3n) is 6.58. The molecule has 3 aliphatic rings. The molecule has 1 aliphatic heterocycles. The van der Waals surface area contributed by atoms with Crippen LogP contribution in [0, 0.1) is 11.8 Å². The van der Waals surface area contributed by atoms with Crippen LogP contribution in [0.1, 0.15) is 52.9 Å². The molecule has 0 amide bonds. The van der Waals surface area contributed by atoms with E-state index in [4.69, 9.17) is 13.9 Å². The van der Waals surface area contributed by atoms with Gasteiger partial charge >= 0.3 is 0 Å². The van der Waals surface area contributed by atoms with Crippen LogP contribution in [0.15, 0.2) is 11.6 Å². The summed E-state index contributed by atoms with van der Waals surface area (Å²) in [7, 11) is -1.81. The van der Waals surface area contributed by atoms with E-state index >= 15 is 0 Å². The van der Waals surface area contributed by atoms with Crippen LogP contribution in [0.3, 0.4) is 0 Å². The summed E-state index contributed by atoms with van der Waals surface area (Å²) in [6, 6.07) is 0. The summed E-state index contributed by atoms with van der Waals surface area (Å²) in [4.78, 5) is 11.9. The highest BCUT2D eigenvalue weighted by Crippen LogP contribution is 2.46. The molecule has 2 aliphatic carbocycles. The predicted molar refractivity (Wildman–Crippen MR) is 101 cm³/mol. The minimum atomic E-state index is -1.81. The van der Waals surface area contributed by atoms with Crippen molar-refractivity contribution in [2.24, 2.45) is 11.8 Å². The number of carbonyl (C=O) groups excluding carboxylic acids is 1. The molecule has 5 heteroatoms. The molecule has 0 N–H and O–H groups in total. The number of allylic oxidation sites excluding steroid dienone is 1. The molecule has 0 radical (unpaired) electrons. The minimum Gasteiger partial charge on any atom is -0.416 e. The van der Waals surface area contributed by atoms with Gasteiger partial charge < -0.3 is 13.9 Å². The van der Waals surface area contributed by atoms with Crippen molar-refractivity contribution in [1.82, 2.24) is 0 Å². The molecule has 0 aromatic heterocycles. The maximum absolute atomic E-state index is 11.9. The van der Waals surface area contributed by atoms with Crippen LogP contribution in [-0.4, -0.2) is 39.7 Å². The van der Waals surface area contributed by atoms with E-state index in [9.17, 15) is 4.79 Å². The number of hydrogen-bond donors (Lipinski definition) is 0. The summed E-state index contributed by atoms with van der Waals surface area (Å²) in [6.45, 7) is 12.9. The van der Waals surface area contributed by atoms with Crippen molar-refractivity contribution in [2.75, 3.05) is 13.2 Å². The Balaban J connectivity index is 1.68. The fraction of sp³-hybridized carbons (Fsp3) is 0.850. The monoisotopic (exact) mass is 366 g/mol. The standard InChI is InChI=1S/C20H34O4Si/c1-20(2,3)25(4,5)23-13-17-16-12-15(21)10-14(16)11-18(17)24-19-8-6-7-9-22-19/h10,16-19H,6-9,11-13H2,1-5H3/t16-,17+,18?,19?/m0/s1. The van der Waals surface area contributed by atoms with Gasteiger partial charge in [0.2, 0.25) is 0 Å². The zero-order valence-electron chi connectivity index (χ0n) is 16.5. The zero-order chi connectivity index (χ0) is 18.2. The first-order valence-electron chi connectivity index (χ1n) is 9.82.